The molecule has 3 atom stereocenters. The van der Waals surface area contributed by atoms with Crippen molar-refractivity contribution >= 4 is 52.7 Å². The number of nitrogens with zero attached hydrogens (tertiary/aromatic N) is 9. The lowest BCUT2D eigenvalue weighted by Crippen LogP contribution is -2.59. The summed E-state index contributed by atoms with van der Waals surface area (Å²) >= 11 is 0. The van der Waals surface area contributed by atoms with Crippen molar-refractivity contribution in [3.05, 3.63) is 71.0 Å². The van der Waals surface area contributed by atoms with Crippen molar-refractivity contribution in [1.29, 1.82) is 5.26 Å². The number of amides is 6. The van der Waals surface area contributed by atoms with Gasteiger partial charge in [0.05, 0.1) is 46.4 Å². The standard InChI is InChI=1S/C42H46F3N11O5/c1-25-23-55(26(2)22-54(25)31-4-3-28(19-46)34(18-31)42(43,44)45)41(61)49-29-20-47-40(48-21-29)53-11-9-27(10-12-53)24-51-13-15-52(16-14-51)30-5-6-32-33(17-30)39(60)56(38(32)59)35-7-8-36(57)50-37(35)58/h3-6,17-18,20-21,25-27,35H,7-16,22-24H2,1-2H3,(H,49,61)(H,50,57,58)/t25-,26+,35?/m0/s1. The van der Waals surface area contributed by atoms with Crippen molar-refractivity contribution in [2.45, 2.75) is 63.8 Å². The van der Waals surface area contributed by atoms with Gasteiger partial charge in [-0.3, -0.25) is 34.3 Å². The maximum absolute atomic E-state index is 13.6. The van der Waals surface area contributed by atoms with E-state index in [0.717, 1.165) is 75.3 Å². The van der Waals surface area contributed by atoms with E-state index in [4.69, 9.17) is 0 Å². The number of aromatic nitrogens is 2. The van der Waals surface area contributed by atoms with Gasteiger partial charge in [0.25, 0.3) is 11.8 Å². The Morgan fingerprint density at radius 1 is 0.852 bits per heavy atom. The highest BCUT2D eigenvalue weighted by Gasteiger charge is 2.45. The van der Waals surface area contributed by atoms with E-state index in [1.54, 1.807) is 35.5 Å². The molecule has 3 aromatic rings. The molecule has 61 heavy (non-hydrogen) atoms. The third-order valence-electron chi connectivity index (χ3n) is 12.5. The Labute approximate surface area is 350 Å². The minimum atomic E-state index is -4.66. The summed E-state index contributed by atoms with van der Waals surface area (Å²) in [6, 6.07) is 8.58. The quantitative estimate of drug-likeness (QED) is 0.328. The number of fused-ring (bicyclic) bond motifs is 1. The lowest BCUT2D eigenvalue weighted by molar-refractivity contribution is -0.138. The molecule has 8 rings (SSSR count). The maximum Gasteiger partial charge on any atom is 0.417 e. The second-order valence-corrected chi connectivity index (χ2v) is 16.4. The van der Waals surface area contributed by atoms with Crippen molar-refractivity contribution in [3.8, 4) is 6.07 Å². The summed E-state index contributed by atoms with van der Waals surface area (Å²) in [5.74, 6) is -0.990. The summed E-state index contributed by atoms with van der Waals surface area (Å²) in [5, 5.41) is 14.3. The van der Waals surface area contributed by atoms with Crippen molar-refractivity contribution in [2.24, 2.45) is 5.92 Å². The number of benzene rings is 2. The number of rotatable bonds is 7. The second kappa shape index (κ2) is 16.6. The van der Waals surface area contributed by atoms with Gasteiger partial charge in [-0.25, -0.2) is 14.8 Å². The highest BCUT2D eigenvalue weighted by molar-refractivity contribution is 6.23. The number of anilines is 4. The number of nitriles is 1. The number of carbonyl (C=O) groups is 5. The van der Waals surface area contributed by atoms with E-state index >= 15 is 0 Å². The Bertz CT molecular complexity index is 2270. The molecule has 5 aliphatic rings. The number of halogens is 3. The fourth-order valence-electron chi connectivity index (χ4n) is 9.08. The summed E-state index contributed by atoms with van der Waals surface area (Å²) in [4.78, 5) is 84.2. The minimum Gasteiger partial charge on any atom is -0.369 e. The first-order chi connectivity index (χ1) is 29.2. The molecule has 1 unspecified atom stereocenters. The zero-order valence-corrected chi connectivity index (χ0v) is 33.8. The van der Waals surface area contributed by atoms with Crippen LogP contribution < -0.4 is 25.3 Å². The highest BCUT2D eigenvalue weighted by Crippen LogP contribution is 2.36. The van der Waals surface area contributed by atoms with Crippen LogP contribution in [0.15, 0.2) is 48.8 Å². The van der Waals surface area contributed by atoms with E-state index in [9.17, 15) is 42.4 Å². The molecule has 4 fully saturated rings. The van der Waals surface area contributed by atoms with E-state index in [-0.39, 0.29) is 48.6 Å². The van der Waals surface area contributed by atoms with Gasteiger partial charge in [0, 0.05) is 88.8 Å². The number of imide groups is 2. The first-order valence-electron chi connectivity index (χ1n) is 20.5. The van der Waals surface area contributed by atoms with Crippen LogP contribution in [0.5, 0.6) is 0 Å². The monoisotopic (exact) mass is 841 g/mol. The predicted octanol–water partition coefficient (Wildman–Crippen LogP) is 3.94. The van der Waals surface area contributed by atoms with E-state index in [1.807, 2.05) is 24.8 Å². The molecule has 2 N–H and O–H groups in total. The Morgan fingerprint density at radius 3 is 2.21 bits per heavy atom. The Morgan fingerprint density at radius 2 is 1.54 bits per heavy atom. The lowest BCUT2D eigenvalue weighted by atomic mass is 9.96. The molecule has 6 amide bonds. The second-order valence-electron chi connectivity index (χ2n) is 16.4. The molecule has 6 heterocycles. The van der Waals surface area contributed by atoms with E-state index in [0.29, 0.717) is 29.8 Å². The van der Waals surface area contributed by atoms with Crippen molar-refractivity contribution in [3.63, 3.8) is 0 Å². The number of nitrogens with one attached hydrogen (secondary N) is 2. The van der Waals surface area contributed by atoms with Crippen LogP contribution in [0.1, 0.15) is 71.4 Å². The molecular weight excluding hydrogens is 796 g/mol. The number of piperazine rings is 2. The largest absolute Gasteiger partial charge is 0.417 e. The van der Waals surface area contributed by atoms with E-state index in [2.05, 4.69) is 35.3 Å². The number of alkyl halides is 3. The van der Waals surface area contributed by atoms with Gasteiger partial charge in [0.2, 0.25) is 17.8 Å². The van der Waals surface area contributed by atoms with Crippen LogP contribution in [-0.2, 0) is 15.8 Å². The molecule has 0 aliphatic carbocycles. The summed E-state index contributed by atoms with van der Waals surface area (Å²) < 4.78 is 40.9. The smallest absolute Gasteiger partial charge is 0.369 e. The van der Waals surface area contributed by atoms with Crippen LogP contribution in [0.25, 0.3) is 0 Å². The molecule has 4 saturated heterocycles. The molecule has 0 bridgehead atoms. The van der Waals surface area contributed by atoms with Gasteiger partial charge in [0.15, 0.2) is 0 Å². The minimum absolute atomic E-state index is 0.0712. The molecule has 16 nitrogen and oxygen atoms in total. The molecule has 19 heteroatoms. The number of piperidine rings is 2. The summed E-state index contributed by atoms with van der Waals surface area (Å²) in [6.45, 7) is 9.99. The van der Waals surface area contributed by atoms with Crippen LogP contribution in [-0.4, -0.2) is 131 Å². The molecule has 320 valence electrons. The highest BCUT2D eigenvalue weighted by atomic mass is 19.4. The van der Waals surface area contributed by atoms with Crippen LogP contribution in [0.3, 0.4) is 0 Å². The van der Waals surface area contributed by atoms with Gasteiger partial charge in [-0.15, -0.1) is 0 Å². The average molecular weight is 842 g/mol. The number of hydrogen-bond donors (Lipinski definition) is 2. The van der Waals surface area contributed by atoms with Crippen molar-refractivity contribution in [2.75, 3.05) is 78.9 Å². The van der Waals surface area contributed by atoms with Gasteiger partial charge >= 0.3 is 12.2 Å². The topological polar surface area (TPSA) is 178 Å². The van der Waals surface area contributed by atoms with Gasteiger partial charge in [-0.1, -0.05) is 0 Å². The summed E-state index contributed by atoms with van der Waals surface area (Å²) in [7, 11) is 0. The number of urea groups is 1. The zero-order chi connectivity index (χ0) is 43.2. The lowest BCUT2D eigenvalue weighted by Gasteiger charge is -2.45. The Kier molecular flexibility index (Phi) is 11.3. The SMILES string of the molecule is C[C@@H]1CN(c2ccc(C#N)c(C(F)(F)F)c2)[C@@H](C)CN1C(=O)Nc1cnc(N2CCC(CN3CCN(c4ccc5c(c4)C(=O)N(C4CCC(=O)NC4=O)C5=O)CC3)CC2)nc1. The molecule has 0 radical (unpaired) electrons. The predicted molar refractivity (Wildman–Crippen MR) is 217 cm³/mol. The molecule has 0 saturated carbocycles. The van der Waals surface area contributed by atoms with Crippen molar-refractivity contribution < 1.29 is 37.1 Å². The third kappa shape index (κ3) is 8.41. The molecular formula is C42H46F3N11O5. The average Bonchev–Trinajstić information content (AvgIpc) is 3.49. The third-order valence-corrected chi connectivity index (χ3v) is 12.5. The molecule has 1 aromatic heterocycles. The molecule has 5 aliphatic heterocycles. The van der Waals surface area contributed by atoms with E-state index < -0.39 is 47.0 Å². The number of hydrogen-bond acceptors (Lipinski definition) is 12. The summed E-state index contributed by atoms with van der Waals surface area (Å²) in [5.41, 5.74) is 0.752. The fourth-order valence-corrected chi connectivity index (χ4v) is 9.08. The zero-order valence-electron chi connectivity index (χ0n) is 33.8. The molecule has 2 aromatic carbocycles. The van der Waals surface area contributed by atoms with E-state index in [1.165, 1.54) is 12.1 Å². The van der Waals surface area contributed by atoms with Crippen molar-refractivity contribution in [1.82, 2.24) is 30.0 Å². The van der Waals surface area contributed by atoms with Crippen LogP contribution in [0.4, 0.5) is 41.0 Å². The first-order valence-corrected chi connectivity index (χ1v) is 20.5. The fraction of sp³-hybridized carbons (Fsp3) is 0.476. The normalized spacial score (nSPS) is 23.0. The number of carbonyl (C=O) groups excluding carboxylic acids is 5. The van der Waals surface area contributed by atoms with Gasteiger partial charge in [-0.05, 0) is 75.4 Å². The Balaban J connectivity index is 0.781. The van der Waals surface area contributed by atoms with Gasteiger partial charge < -0.3 is 24.9 Å². The van der Waals surface area contributed by atoms with Gasteiger partial charge in [0.1, 0.15) is 6.04 Å². The molecule has 0 spiro atoms. The van der Waals surface area contributed by atoms with Crippen LogP contribution >= 0.6 is 0 Å². The van der Waals surface area contributed by atoms with Gasteiger partial charge in [-0.2, -0.15) is 18.4 Å². The Hall–Kier alpha value is -6.29. The summed E-state index contributed by atoms with van der Waals surface area (Å²) in [6.07, 6.45) is 0.612. The maximum atomic E-state index is 13.6. The van der Waals surface area contributed by atoms with Crippen LogP contribution in [0.2, 0.25) is 0 Å². The van der Waals surface area contributed by atoms with Crippen LogP contribution in [0, 0.1) is 17.2 Å². The first kappa shape index (κ1) is 41.4.